The lowest BCUT2D eigenvalue weighted by atomic mass is 10.0. The number of thiophene rings is 1. The van der Waals surface area contributed by atoms with Gasteiger partial charge in [0.25, 0.3) is 5.91 Å². The molecule has 0 unspecified atom stereocenters. The predicted molar refractivity (Wildman–Crippen MR) is 85.6 cm³/mol. The van der Waals surface area contributed by atoms with Gasteiger partial charge in [-0.05, 0) is 50.1 Å². The zero-order valence-electron chi connectivity index (χ0n) is 13.6. The average molecular weight is 311 g/mol. The molecule has 4 nitrogen and oxygen atoms in total. The molecule has 5 heteroatoms. The molecule has 0 radical (unpaired) electrons. The van der Waals surface area contributed by atoms with Gasteiger partial charge in [-0.25, -0.2) is 4.79 Å². The van der Waals surface area contributed by atoms with Crippen LogP contribution in [0, 0.1) is 5.92 Å². The summed E-state index contributed by atoms with van der Waals surface area (Å²) in [5.74, 6) is -0.624. The topological polar surface area (TPSA) is 55.4 Å². The van der Waals surface area contributed by atoms with Gasteiger partial charge in [-0.1, -0.05) is 20.8 Å². The maximum absolute atomic E-state index is 12.4. The Morgan fingerprint density at radius 3 is 2.43 bits per heavy atom. The smallest absolute Gasteiger partial charge is 0.329 e. The number of hydrogen-bond acceptors (Lipinski definition) is 4. The van der Waals surface area contributed by atoms with E-state index in [4.69, 9.17) is 4.74 Å². The molecule has 0 aromatic carbocycles. The van der Waals surface area contributed by atoms with E-state index >= 15 is 0 Å². The first-order valence-corrected chi connectivity index (χ1v) is 8.13. The third-order valence-electron chi connectivity index (χ3n) is 2.95. The van der Waals surface area contributed by atoms with Gasteiger partial charge in [0.05, 0.1) is 4.88 Å². The summed E-state index contributed by atoms with van der Waals surface area (Å²) in [6, 6.07) is 1.31. The number of hydrogen-bond donors (Lipinski definition) is 1. The summed E-state index contributed by atoms with van der Waals surface area (Å²) >= 11 is 1.40. The van der Waals surface area contributed by atoms with E-state index in [1.54, 1.807) is 0 Å². The molecular formula is C16H25NO3S. The first kappa shape index (κ1) is 17.7. The Kier molecular flexibility index (Phi) is 5.96. The molecule has 1 N–H and O–H groups in total. The zero-order chi connectivity index (χ0) is 16.2. The van der Waals surface area contributed by atoms with Crippen LogP contribution in [0.15, 0.2) is 11.4 Å². The van der Waals surface area contributed by atoms with Crippen LogP contribution < -0.4 is 5.32 Å². The molecule has 118 valence electrons. The van der Waals surface area contributed by atoms with Crippen LogP contribution in [0.5, 0.6) is 0 Å². The molecule has 1 rings (SSSR count). The summed E-state index contributed by atoms with van der Waals surface area (Å²) < 4.78 is 5.39. The molecule has 0 saturated heterocycles. The third kappa shape index (κ3) is 5.16. The van der Waals surface area contributed by atoms with Crippen LogP contribution in [0.1, 0.15) is 56.8 Å². The molecule has 0 aliphatic carbocycles. The number of aryl methyl sites for hydroxylation is 1. The Morgan fingerprint density at radius 1 is 1.33 bits per heavy atom. The van der Waals surface area contributed by atoms with Crippen LogP contribution in [-0.4, -0.2) is 23.5 Å². The molecule has 0 fully saturated rings. The molecule has 0 spiro atoms. The van der Waals surface area contributed by atoms with Gasteiger partial charge in [0, 0.05) is 0 Å². The number of carbonyl (C=O) groups excluding carboxylic acids is 2. The number of amides is 1. The van der Waals surface area contributed by atoms with Crippen molar-refractivity contribution in [2.45, 2.75) is 59.6 Å². The Labute approximate surface area is 130 Å². The third-order valence-corrected chi connectivity index (χ3v) is 3.90. The van der Waals surface area contributed by atoms with Crippen LogP contribution in [0.2, 0.25) is 0 Å². The second kappa shape index (κ2) is 7.07. The quantitative estimate of drug-likeness (QED) is 0.848. The highest BCUT2D eigenvalue weighted by atomic mass is 32.1. The molecule has 1 aromatic heterocycles. The lowest BCUT2D eigenvalue weighted by Gasteiger charge is -2.26. The van der Waals surface area contributed by atoms with Crippen molar-refractivity contribution in [1.29, 1.82) is 0 Å². The van der Waals surface area contributed by atoms with E-state index in [1.807, 2.05) is 53.0 Å². The summed E-state index contributed by atoms with van der Waals surface area (Å²) in [6.45, 7) is 11.2. The van der Waals surface area contributed by atoms with E-state index in [9.17, 15) is 9.59 Å². The number of esters is 1. The first-order chi connectivity index (χ1) is 9.65. The van der Waals surface area contributed by atoms with E-state index in [-0.39, 0.29) is 17.8 Å². The van der Waals surface area contributed by atoms with E-state index < -0.39 is 11.6 Å². The summed E-state index contributed by atoms with van der Waals surface area (Å²) in [5.41, 5.74) is 0.441. The van der Waals surface area contributed by atoms with Crippen LogP contribution in [0.3, 0.4) is 0 Å². The van der Waals surface area contributed by atoms with Crippen molar-refractivity contribution in [2.75, 3.05) is 0 Å². The second-order valence-corrected chi connectivity index (χ2v) is 7.27. The van der Waals surface area contributed by atoms with Crippen molar-refractivity contribution in [3.05, 3.63) is 21.9 Å². The highest BCUT2D eigenvalue weighted by Gasteiger charge is 2.30. The summed E-state index contributed by atoms with van der Waals surface area (Å²) in [6.07, 6.45) is 0.797. The minimum atomic E-state index is -0.636. The SMILES string of the molecule is CCc1ccsc1C(=O)N[C@@H](C(=O)OC(C)(C)C)C(C)C. The predicted octanol–water partition coefficient (Wildman–Crippen LogP) is 3.41. The Balaban J connectivity index is 2.84. The van der Waals surface area contributed by atoms with Gasteiger partial charge in [-0.2, -0.15) is 0 Å². The Bertz CT molecular complexity index is 500. The van der Waals surface area contributed by atoms with Crippen molar-refractivity contribution >= 4 is 23.2 Å². The number of ether oxygens (including phenoxy) is 1. The fourth-order valence-corrected chi connectivity index (χ4v) is 2.78. The van der Waals surface area contributed by atoms with Gasteiger partial charge in [-0.15, -0.1) is 11.3 Å². The first-order valence-electron chi connectivity index (χ1n) is 7.25. The van der Waals surface area contributed by atoms with Gasteiger partial charge in [-0.3, -0.25) is 4.79 Å². The Morgan fingerprint density at radius 2 is 1.95 bits per heavy atom. The van der Waals surface area contributed by atoms with Crippen molar-refractivity contribution < 1.29 is 14.3 Å². The summed E-state index contributed by atoms with van der Waals surface area (Å²) in [4.78, 5) is 25.3. The number of nitrogens with one attached hydrogen (secondary N) is 1. The lowest BCUT2D eigenvalue weighted by molar-refractivity contribution is -0.158. The minimum Gasteiger partial charge on any atom is -0.458 e. The van der Waals surface area contributed by atoms with E-state index in [0.29, 0.717) is 4.88 Å². The highest BCUT2D eigenvalue weighted by molar-refractivity contribution is 7.12. The maximum Gasteiger partial charge on any atom is 0.329 e. The highest BCUT2D eigenvalue weighted by Crippen LogP contribution is 2.19. The fraction of sp³-hybridized carbons (Fsp3) is 0.625. The molecule has 0 aliphatic rings. The number of carbonyl (C=O) groups is 2. The lowest BCUT2D eigenvalue weighted by Crippen LogP contribution is -2.47. The molecule has 1 aromatic rings. The van der Waals surface area contributed by atoms with Crippen molar-refractivity contribution in [3.8, 4) is 0 Å². The monoisotopic (exact) mass is 311 g/mol. The molecule has 1 amide bonds. The minimum absolute atomic E-state index is 0.0335. The van der Waals surface area contributed by atoms with Gasteiger partial charge >= 0.3 is 5.97 Å². The van der Waals surface area contributed by atoms with Gasteiger partial charge in [0.2, 0.25) is 0 Å². The largest absolute Gasteiger partial charge is 0.458 e. The molecular weight excluding hydrogens is 286 g/mol. The molecule has 1 atom stereocenters. The molecule has 1 heterocycles. The van der Waals surface area contributed by atoms with Crippen LogP contribution >= 0.6 is 11.3 Å². The zero-order valence-corrected chi connectivity index (χ0v) is 14.5. The van der Waals surface area contributed by atoms with Crippen LogP contribution in [-0.2, 0) is 16.0 Å². The van der Waals surface area contributed by atoms with E-state index in [2.05, 4.69) is 5.32 Å². The van der Waals surface area contributed by atoms with Crippen molar-refractivity contribution in [3.63, 3.8) is 0 Å². The van der Waals surface area contributed by atoms with Gasteiger partial charge in [0.1, 0.15) is 11.6 Å². The van der Waals surface area contributed by atoms with Gasteiger partial charge < -0.3 is 10.1 Å². The van der Waals surface area contributed by atoms with Crippen molar-refractivity contribution in [2.24, 2.45) is 5.92 Å². The normalized spacial score (nSPS) is 13.1. The second-order valence-electron chi connectivity index (χ2n) is 6.36. The average Bonchev–Trinajstić information content (AvgIpc) is 2.81. The van der Waals surface area contributed by atoms with E-state index in [1.165, 1.54) is 11.3 Å². The summed E-state index contributed by atoms with van der Waals surface area (Å²) in [5, 5.41) is 4.71. The Hall–Kier alpha value is -1.36. The molecule has 0 saturated carbocycles. The maximum atomic E-state index is 12.4. The van der Waals surface area contributed by atoms with Gasteiger partial charge in [0.15, 0.2) is 0 Å². The molecule has 21 heavy (non-hydrogen) atoms. The fourth-order valence-electron chi connectivity index (χ4n) is 1.88. The van der Waals surface area contributed by atoms with E-state index in [0.717, 1.165) is 12.0 Å². The number of rotatable bonds is 5. The molecule has 0 aliphatic heterocycles. The van der Waals surface area contributed by atoms with Crippen LogP contribution in [0.25, 0.3) is 0 Å². The molecule has 0 bridgehead atoms. The van der Waals surface area contributed by atoms with Crippen LogP contribution in [0.4, 0.5) is 0 Å². The summed E-state index contributed by atoms with van der Waals surface area (Å²) in [7, 11) is 0. The van der Waals surface area contributed by atoms with Crippen molar-refractivity contribution in [1.82, 2.24) is 5.32 Å². The standard InChI is InChI=1S/C16H25NO3S/c1-7-11-8-9-21-13(11)14(18)17-12(10(2)3)15(19)20-16(4,5)6/h8-10,12H,7H2,1-6H3,(H,17,18)/t12-/m1/s1.